The molecular weight excluding hydrogens is 338 g/mol. The fourth-order valence-electron chi connectivity index (χ4n) is 1.91. The number of benzene rings is 2. The van der Waals surface area contributed by atoms with Crippen LogP contribution in [0, 0.1) is 0 Å². The van der Waals surface area contributed by atoms with E-state index in [0.717, 1.165) is 6.26 Å². The molecule has 0 aromatic heterocycles. The molecule has 2 aromatic carbocycles. The van der Waals surface area contributed by atoms with Crippen molar-refractivity contribution in [3.63, 3.8) is 0 Å². The lowest BCUT2D eigenvalue weighted by atomic mass is 10.2. The minimum atomic E-state index is -3.42. The average molecular weight is 354 g/mol. The highest BCUT2D eigenvalue weighted by molar-refractivity contribution is 7.90. The molecule has 0 radical (unpaired) electrons. The Balaban J connectivity index is 2.23. The summed E-state index contributed by atoms with van der Waals surface area (Å²) in [6, 6.07) is 10.9. The minimum absolute atomic E-state index is 0.0405. The number of rotatable bonds is 5. The van der Waals surface area contributed by atoms with Crippen LogP contribution in [0.5, 0.6) is 5.75 Å². The molecule has 0 unspecified atom stereocenters. The van der Waals surface area contributed by atoms with Gasteiger partial charge in [0.05, 0.1) is 22.1 Å². The van der Waals surface area contributed by atoms with Crippen LogP contribution in [0.15, 0.2) is 47.4 Å². The van der Waals surface area contributed by atoms with Crippen LogP contribution in [0.2, 0.25) is 5.02 Å². The molecule has 1 amide bonds. The molecule has 0 heterocycles. The molecule has 0 fully saturated rings. The van der Waals surface area contributed by atoms with Crippen LogP contribution >= 0.6 is 11.6 Å². The van der Waals surface area contributed by atoms with Crippen LogP contribution in [0.4, 0.5) is 5.69 Å². The predicted octanol–water partition coefficient (Wildman–Crippen LogP) is 3.39. The number of nitrogens with one attached hydrogen (secondary N) is 1. The quantitative estimate of drug-likeness (QED) is 0.894. The molecule has 0 aliphatic heterocycles. The molecule has 0 saturated carbocycles. The zero-order valence-electron chi connectivity index (χ0n) is 12.7. The van der Waals surface area contributed by atoms with Gasteiger partial charge in [-0.3, -0.25) is 4.79 Å². The Morgan fingerprint density at radius 1 is 1.17 bits per heavy atom. The number of hydrogen-bond donors (Lipinski definition) is 1. The molecule has 0 atom stereocenters. The first kappa shape index (κ1) is 17.3. The number of sulfone groups is 1. The SMILES string of the molecule is CCOc1ccc(NC(=O)c2cc(S(C)(=O)=O)ccc2Cl)cc1. The van der Waals surface area contributed by atoms with Crippen molar-refractivity contribution >= 4 is 33.0 Å². The van der Waals surface area contributed by atoms with Gasteiger partial charge in [0.1, 0.15) is 5.75 Å². The molecule has 7 heteroatoms. The normalized spacial score (nSPS) is 11.1. The van der Waals surface area contributed by atoms with Crippen molar-refractivity contribution in [2.45, 2.75) is 11.8 Å². The van der Waals surface area contributed by atoms with E-state index >= 15 is 0 Å². The van der Waals surface area contributed by atoms with Gasteiger partial charge in [0.2, 0.25) is 0 Å². The Hall–Kier alpha value is -2.05. The standard InChI is InChI=1S/C16H16ClNO4S/c1-3-22-12-6-4-11(5-7-12)18-16(19)14-10-13(23(2,20)21)8-9-15(14)17/h4-10H,3H2,1-2H3,(H,18,19). The van der Waals surface area contributed by atoms with Crippen LogP contribution < -0.4 is 10.1 Å². The smallest absolute Gasteiger partial charge is 0.257 e. The van der Waals surface area contributed by atoms with Gasteiger partial charge in [0.25, 0.3) is 5.91 Å². The summed E-state index contributed by atoms with van der Waals surface area (Å²) in [5.74, 6) is 0.215. The highest BCUT2D eigenvalue weighted by Gasteiger charge is 2.15. The molecule has 0 aliphatic rings. The number of anilines is 1. The topological polar surface area (TPSA) is 72.5 Å². The Morgan fingerprint density at radius 3 is 2.39 bits per heavy atom. The monoisotopic (exact) mass is 353 g/mol. The lowest BCUT2D eigenvalue weighted by molar-refractivity contribution is 0.102. The van der Waals surface area contributed by atoms with E-state index in [1.807, 2.05) is 6.92 Å². The Morgan fingerprint density at radius 2 is 1.83 bits per heavy atom. The van der Waals surface area contributed by atoms with E-state index < -0.39 is 15.7 Å². The van der Waals surface area contributed by atoms with Crippen LogP contribution in [-0.4, -0.2) is 27.2 Å². The third kappa shape index (κ3) is 4.46. The summed E-state index contributed by atoms with van der Waals surface area (Å²) in [6.45, 7) is 2.44. The Bertz CT molecular complexity index is 816. The summed E-state index contributed by atoms with van der Waals surface area (Å²) in [7, 11) is -3.42. The molecule has 0 spiro atoms. The zero-order chi connectivity index (χ0) is 17.0. The maximum Gasteiger partial charge on any atom is 0.257 e. The van der Waals surface area contributed by atoms with Crippen LogP contribution in [0.1, 0.15) is 17.3 Å². The number of halogens is 1. The summed E-state index contributed by atoms with van der Waals surface area (Å²) in [5, 5.41) is 2.85. The molecule has 1 N–H and O–H groups in total. The molecule has 23 heavy (non-hydrogen) atoms. The van der Waals surface area contributed by atoms with E-state index in [1.165, 1.54) is 18.2 Å². The summed E-state index contributed by atoms with van der Waals surface area (Å²) >= 11 is 6.00. The van der Waals surface area contributed by atoms with Gasteiger partial charge in [0, 0.05) is 11.9 Å². The van der Waals surface area contributed by atoms with Gasteiger partial charge in [-0.2, -0.15) is 0 Å². The van der Waals surface area contributed by atoms with Gasteiger partial charge in [-0.15, -0.1) is 0 Å². The molecule has 0 aliphatic carbocycles. The molecule has 2 rings (SSSR count). The molecule has 0 saturated heterocycles. The molecule has 0 bridgehead atoms. The van der Waals surface area contributed by atoms with Gasteiger partial charge in [-0.1, -0.05) is 11.6 Å². The van der Waals surface area contributed by atoms with Crippen molar-refractivity contribution in [1.29, 1.82) is 0 Å². The van der Waals surface area contributed by atoms with Crippen LogP contribution in [-0.2, 0) is 9.84 Å². The van der Waals surface area contributed by atoms with Gasteiger partial charge < -0.3 is 10.1 Å². The first-order valence-corrected chi connectivity index (χ1v) is 9.12. The first-order valence-electron chi connectivity index (χ1n) is 6.85. The van der Waals surface area contributed by atoms with Crippen molar-refractivity contribution in [2.75, 3.05) is 18.2 Å². The van der Waals surface area contributed by atoms with E-state index in [4.69, 9.17) is 16.3 Å². The second-order valence-electron chi connectivity index (χ2n) is 4.83. The maximum atomic E-state index is 12.3. The predicted molar refractivity (Wildman–Crippen MR) is 90.1 cm³/mol. The van der Waals surface area contributed by atoms with Crippen LogP contribution in [0.25, 0.3) is 0 Å². The fraction of sp³-hybridized carbons (Fsp3) is 0.188. The second kappa shape index (κ2) is 7.02. The molecule has 2 aromatic rings. The highest BCUT2D eigenvalue weighted by atomic mass is 35.5. The van der Waals surface area contributed by atoms with E-state index in [1.54, 1.807) is 24.3 Å². The van der Waals surface area contributed by atoms with Crippen molar-refractivity contribution in [2.24, 2.45) is 0 Å². The highest BCUT2D eigenvalue weighted by Crippen LogP contribution is 2.22. The van der Waals surface area contributed by atoms with E-state index in [0.29, 0.717) is 18.0 Å². The van der Waals surface area contributed by atoms with Crippen molar-refractivity contribution < 1.29 is 17.9 Å². The largest absolute Gasteiger partial charge is 0.494 e. The number of ether oxygens (including phenoxy) is 1. The van der Waals surface area contributed by atoms with E-state index in [2.05, 4.69) is 5.32 Å². The van der Waals surface area contributed by atoms with Crippen molar-refractivity contribution in [3.8, 4) is 5.75 Å². The third-order valence-corrected chi connectivity index (χ3v) is 4.47. The fourth-order valence-corrected chi connectivity index (χ4v) is 2.76. The minimum Gasteiger partial charge on any atom is -0.494 e. The van der Waals surface area contributed by atoms with E-state index in [9.17, 15) is 13.2 Å². The molecule has 122 valence electrons. The van der Waals surface area contributed by atoms with Gasteiger partial charge >= 0.3 is 0 Å². The summed E-state index contributed by atoms with van der Waals surface area (Å²) in [4.78, 5) is 12.3. The summed E-state index contributed by atoms with van der Waals surface area (Å²) in [5.41, 5.74) is 0.655. The Kier molecular flexibility index (Phi) is 5.28. The third-order valence-electron chi connectivity index (χ3n) is 3.03. The van der Waals surface area contributed by atoms with Gasteiger partial charge in [-0.05, 0) is 49.4 Å². The Labute approximate surface area is 140 Å². The number of carbonyl (C=O) groups excluding carboxylic acids is 1. The number of carbonyl (C=O) groups is 1. The van der Waals surface area contributed by atoms with Gasteiger partial charge in [-0.25, -0.2) is 8.42 Å². The summed E-state index contributed by atoms with van der Waals surface area (Å²) in [6.07, 6.45) is 1.07. The maximum absolute atomic E-state index is 12.3. The summed E-state index contributed by atoms with van der Waals surface area (Å²) < 4.78 is 28.5. The second-order valence-corrected chi connectivity index (χ2v) is 7.25. The lowest BCUT2D eigenvalue weighted by Gasteiger charge is -2.09. The van der Waals surface area contributed by atoms with Gasteiger partial charge in [0.15, 0.2) is 9.84 Å². The number of amides is 1. The van der Waals surface area contributed by atoms with Crippen molar-refractivity contribution in [3.05, 3.63) is 53.1 Å². The van der Waals surface area contributed by atoms with Crippen molar-refractivity contribution in [1.82, 2.24) is 0 Å². The molecule has 5 nitrogen and oxygen atoms in total. The number of hydrogen-bond acceptors (Lipinski definition) is 4. The van der Waals surface area contributed by atoms with E-state index in [-0.39, 0.29) is 15.5 Å². The first-order chi connectivity index (χ1) is 10.8. The van der Waals surface area contributed by atoms with Crippen LogP contribution in [0.3, 0.4) is 0 Å². The zero-order valence-corrected chi connectivity index (χ0v) is 14.2. The average Bonchev–Trinajstić information content (AvgIpc) is 2.48. The molecular formula is C16H16ClNO4S. The lowest BCUT2D eigenvalue weighted by Crippen LogP contribution is -2.13.